The van der Waals surface area contributed by atoms with E-state index < -0.39 is 0 Å². The highest BCUT2D eigenvalue weighted by molar-refractivity contribution is 8.00. The van der Waals surface area contributed by atoms with Crippen molar-refractivity contribution in [2.24, 2.45) is 23.5 Å². The molecular weight excluding hydrogens is 248 g/mol. The lowest BCUT2D eigenvalue weighted by atomic mass is 9.79. The molecule has 100 valence electrons. The first kappa shape index (κ1) is 12.3. The minimum atomic E-state index is -0.238. The van der Waals surface area contributed by atoms with E-state index in [2.05, 4.69) is 5.32 Å². The fraction of sp³-hybridized carbons (Fsp3) is 0.846. The van der Waals surface area contributed by atoms with Crippen LogP contribution < -0.4 is 11.1 Å². The SMILES string of the molecule is NC(=O)C1C(NC(=O)C2CC2)SC2CCCCC21. The molecule has 2 amide bonds. The maximum atomic E-state index is 11.9. The summed E-state index contributed by atoms with van der Waals surface area (Å²) >= 11 is 1.77. The molecule has 1 aliphatic heterocycles. The second kappa shape index (κ2) is 4.76. The van der Waals surface area contributed by atoms with Gasteiger partial charge in [-0.3, -0.25) is 9.59 Å². The Kier molecular flexibility index (Phi) is 3.26. The summed E-state index contributed by atoms with van der Waals surface area (Å²) in [5, 5.41) is 3.49. The summed E-state index contributed by atoms with van der Waals surface area (Å²) < 4.78 is 0. The summed E-state index contributed by atoms with van der Waals surface area (Å²) in [7, 11) is 0. The van der Waals surface area contributed by atoms with Crippen molar-refractivity contribution in [2.45, 2.75) is 49.1 Å². The molecule has 0 spiro atoms. The summed E-state index contributed by atoms with van der Waals surface area (Å²) in [6, 6.07) is 0. The third kappa shape index (κ3) is 2.25. The molecule has 1 heterocycles. The van der Waals surface area contributed by atoms with Gasteiger partial charge in [-0.05, 0) is 31.6 Å². The van der Waals surface area contributed by atoms with Gasteiger partial charge in [0.25, 0.3) is 0 Å². The zero-order chi connectivity index (χ0) is 12.7. The third-order valence-electron chi connectivity index (χ3n) is 4.42. The Balaban J connectivity index is 1.71. The predicted octanol–water partition coefficient (Wildman–Crippen LogP) is 1.25. The van der Waals surface area contributed by atoms with E-state index in [1.807, 2.05) is 0 Å². The van der Waals surface area contributed by atoms with Crippen molar-refractivity contribution < 1.29 is 9.59 Å². The monoisotopic (exact) mass is 268 g/mol. The number of rotatable bonds is 3. The quantitative estimate of drug-likeness (QED) is 0.809. The van der Waals surface area contributed by atoms with E-state index in [0.717, 1.165) is 25.7 Å². The van der Waals surface area contributed by atoms with E-state index in [4.69, 9.17) is 5.73 Å². The van der Waals surface area contributed by atoms with Crippen LogP contribution in [0.2, 0.25) is 0 Å². The first-order chi connectivity index (χ1) is 8.66. The van der Waals surface area contributed by atoms with Crippen molar-refractivity contribution in [3.8, 4) is 0 Å². The second-order valence-electron chi connectivity index (χ2n) is 5.75. The lowest BCUT2D eigenvalue weighted by Crippen LogP contribution is -2.44. The molecule has 4 atom stereocenters. The predicted molar refractivity (Wildman–Crippen MR) is 70.7 cm³/mol. The zero-order valence-corrected chi connectivity index (χ0v) is 11.2. The summed E-state index contributed by atoms with van der Waals surface area (Å²) in [6.45, 7) is 0. The standard InChI is InChI=1S/C13H20N2O2S/c14-11(16)10-8-3-1-2-4-9(8)18-13(10)15-12(17)7-5-6-7/h7-10,13H,1-6H2,(H2,14,16)(H,15,17). The lowest BCUT2D eigenvalue weighted by Gasteiger charge is -2.27. The molecule has 18 heavy (non-hydrogen) atoms. The Hall–Kier alpha value is -0.710. The van der Waals surface area contributed by atoms with Gasteiger partial charge in [-0.25, -0.2) is 0 Å². The molecule has 0 aromatic rings. The van der Waals surface area contributed by atoms with Gasteiger partial charge in [-0.2, -0.15) is 0 Å². The molecule has 4 unspecified atom stereocenters. The number of amides is 2. The first-order valence-electron chi connectivity index (χ1n) is 6.92. The van der Waals surface area contributed by atoms with Crippen LogP contribution in [0.5, 0.6) is 0 Å². The Morgan fingerprint density at radius 2 is 1.83 bits per heavy atom. The molecule has 3 N–H and O–H groups in total. The fourth-order valence-electron chi connectivity index (χ4n) is 3.29. The van der Waals surface area contributed by atoms with Crippen LogP contribution in [0, 0.1) is 17.8 Å². The molecule has 3 fully saturated rings. The van der Waals surface area contributed by atoms with Gasteiger partial charge in [0.1, 0.15) is 0 Å². The Bertz CT molecular complexity index is 370. The normalized spacial score (nSPS) is 39.1. The number of carbonyl (C=O) groups excluding carboxylic acids is 2. The van der Waals surface area contributed by atoms with Crippen molar-refractivity contribution in [2.75, 3.05) is 0 Å². The van der Waals surface area contributed by atoms with Crippen LogP contribution in [0.15, 0.2) is 0 Å². The average molecular weight is 268 g/mol. The smallest absolute Gasteiger partial charge is 0.223 e. The topological polar surface area (TPSA) is 72.2 Å². The number of fused-ring (bicyclic) bond motifs is 1. The summed E-state index contributed by atoms with van der Waals surface area (Å²) in [5.74, 6) is 0.297. The van der Waals surface area contributed by atoms with E-state index >= 15 is 0 Å². The number of thioether (sulfide) groups is 1. The highest BCUT2D eigenvalue weighted by atomic mass is 32.2. The number of carbonyl (C=O) groups is 2. The van der Waals surface area contributed by atoms with Crippen molar-refractivity contribution in [3.05, 3.63) is 0 Å². The average Bonchev–Trinajstić information content (AvgIpc) is 3.10. The molecule has 0 aromatic carbocycles. The minimum absolute atomic E-state index is 0.0799. The van der Waals surface area contributed by atoms with Crippen molar-refractivity contribution in [1.29, 1.82) is 0 Å². The first-order valence-corrected chi connectivity index (χ1v) is 7.86. The second-order valence-corrected chi connectivity index (χ2v) is 7.14. The van der Waals surface area contributed by atoms with E-state index in [1.54, 1.807) is 11.8 Å². The molecule has 0 bridgehead atoms. The highest BCUT2D eigenvalue weighted by Gasteiger charge is 2.48. The molecule has 0 aromatic heterocycles. The maximum Gasteiger partial charge on any atom is 0.223 e. The zero-order valence-electron chi connectivity index (χ0n) is 10.4. The van der Waals surface area contributed by atoms with E-state index in [9.17, 15) is 9.59 Å². The van der Waals surface area contributed by atoms with Gasteiger partial charge in [0, 0.05) is 11.2 Å². The largest absolute Gasteiger partial charge is 0.369 e. The molecule has 0 radical (unpaired) electrons. The van der Waals surface area contributed by atoms with Gasteiger partial charge < -0.3 is 11.1 Å². The van der Waals surface area contributed by atoms with Crippen molar-refractivity contribution in [3.63, 3.8) is 0 Å². The third-order valence-corrected chi connectivity index (χ3v) is 6.06. The Morgan fingerprint density at radius 1 is 1.11 bits per heavy atom. The van der Waals surface area contributed by atoms with Crippen LogP contribution in [0.1, 0.15) is 38.5 Å². The molecule has 3 rings (SSSR count). The molecule has 2 aliphatic carbocycles. The summed E-state index contributed by atoms with van der Waals surface area (Å²) in [4.78, 5) is 23.5. The summed E-state index contributed by atoms with van der Waals surface area (Å²) in [6.07, 6.45) is 6.67. The van der Waals surface area contributed by atoms with Gasteiger partial charge in [0.05, 0.1) is 11.3 Å². The molecule has 1 saturated heterocycles. The number of primary amides is 1. The molecular formula is C13H20N2O2S. The van der Waals surface area contributed by atoms with Crippen LogP contribution in [0.25, 0.3) is 0 Å². The van der Waals surface area contributed by atoms with Crippen LogP contribution >= 0.6 is 11.8 Å². The number of hydrogen-bond donors (Lipinski definition) is 2. The van der Waals surface area contributed by atoms with Crippen LogP contribution in [-0.2, 0) is 9.59 Å². The van der Waals surface area contributed by atoms with Gasteiger partial charge >= 0.3 is 0 Å². The van der Waals surface area contributed by atoms with E-state index in [-0.39, 0.29) is 29.0 Å². The van der Waals surface area contributed by atoms with Crippen molar-refractivity contribution in [1.82, 2.24) is 5.32 Å². The number of hydrogen-bond acceptors (Lipinski definition) is 3. The number of nitrogens with one attached hydrogen (secondary N) is 1. The fourth-order valence-corrected chi connectivity index (χ4v) is 5.17. The van der Waals surface area contributed by atoms with Gasteiger partial charge in [0.2, 0.25) is 11.8 Å². The highest BCUT2D eigenvalue weighted by Crippen LogP contribution is 2.49. The van der Waals surface area contributed by atoms with Crippen LogP contribution in [0.4, 0.5) is 0 Å². The molecule has 5 heteroatoms. The van der Waals surface area contributed by atoms with Gasteiger partial charge in [-0.15, -0.1) is 11.8 Å². The summed E-state index contributed by atoms with van der Waals surface area (Å²) in [5.41, 5.74) is 5.56. The maximum absolute atomic E-state index is 11.9. The van der Waals surface area contributed by atoms with Crippen molar-refractivity contribution >= 4 is 23.6 Å². The lowest BCUT2D eigenvalue weighted by molar-refractivity contribution is -0.125. The van der Waals surface area contributed by atoms with Crippen LogP contribution in [-0.4, -0.2) is 22.4 Å². The Morgan fingerprint density at radius 3 is 2.50 bits per heavy atom. The van der Waals surface area contributed by atoms with E-state index in [1.165, 1.54) is 12.8 Å². The molecule has 3 aliphatic rings. The van der Waals surface area contributed by atoms with Crippen LogP contribution in [0.3, 0.4) is 0 Å². The number of nitrogens with two attached hydrogens (primary N) is 1. The molecule has 4 nitrogen and oxygen atoms in total. The Labute approximate surface area is 111 Å². The van der Waals surface area contributed by atoms with E-state index in [0.29, 0.717) is 11.2 Å². The molecule has 2 saturated carbocycles. The van der Waals surface area contributed by atoms with Gasteiger partial charge in [-0.1, -0.05) is 12.8 Å². The van der Waals surface area contributed by atoms with Gasteiger partial charge in [0.15, 0.2) is 0 Å². The minimum Gasteiger partial charge on any atom is -0.369 e.